The fraction of sp³-hybridized carbons (Fsp3) is 0.462. The number of hydrogen-bond acceptors (Lipinski definition) is 2. The summed E-state index contributed by atoms with van der Waals surface area (Å²) in [5, 5.41) is 3.04. The van der Waals surface area contributed by atoms with Crippen molar-refractivity contribution in [3.05, 3.63) is 35.9 Å². The molecule has 4 heteroatoms. The quantitative estimate of drug-likeness (QED) is 0.791. The van der Waals surface area contributed by atoms with Gasteiger partial charge in [-0.1, -0.05) is 30.3 Å². The van der Waals surface area contributed by atoms with Crippen LogP contribution in [0.3, 0.4) is 0 Å². The Kier molecular flexibility index (Phi) is 8.46. The molecule has 3 nitrogen and oxygen atoms in total. The van der Waals surface area contributed by atoms with Gasteiger partial charge in [0.15, 0.2) is 0 Å². The zero-order chi connectivity index (χ0) is 11.8. The molecule has 1 rings (SSSR count). The summed E-state index contributed by atoms with van der Waals surface area (Å²) < 4.78 is 0. The van der Waals surface area contributed by atoms with Crippen LogP contribution in [-0.4, -0.2) is 31.4 Å². The molecule has 0 unspecified atom stereocenters. The van der Waals surface area contributed by atoms with E-state index in [4.69, 9.17) is 0 Å². The minimum atomic E-state index is 0. The molecule has 0 saturated carbocycles. The van der Waals surface area contributed by atoms with Crippen molar-refractivity contribution >= 4 is 18.3 Å². The van der Waals surface area contributed by atoms with E-state index in [1.54, 1.807) is 4.90 Å². The molecule has 0 aromatic heterocycles. The summed E-state index contributed by atoms with van der Waals surface area (Å²) in [6, 6.07) is 10.1. The van der Waals surface area contributed by atoms with Crippen LogP contribution in [0.25, 0.3) is 0 Å². The minimum absolute atomic E-state index is 0. The van der Waals surface area contributed by atoms with Crippen LogP contribution in [-0.2, 0) is 11.3 Å². The standard InChI is InChI=1S/C13H20N2O.ClH/c1-14-10-6-9-13(16)15(2)11-12-7-4-3-5-8-12;/h3-5,7-8,14H,6,9-11H2,1-2H3;1H. The van der Waals surface area contributed by atoms with Crippen LogP contribution in [0.4, 0.5) is 0 Å². The number of hydrogen-bond donors (Lipinski definition) is 1. The number of carbonyl (C=O) groups excluding carboxylic acids is 1. The average molecular weight is 257 g/mol. The molecule has 1 aromatic carbocycles. The fourth-order valence-electron chi connectivity index (χ4n) is 1.55. The van der Waals surface area contributed by atoms with Gasteiger partial charge in [-0.25, -0.2) is 0 Å². The predicted molar refractivity (Wildman–Crippen MR) is 73.3 cm³/mol. The number of nitrogens with zero attached hydrogens (tertiary/aromatic N) is 1. The van der Waals surface area contributed by atoms with Gasteiger partial charge in [0, 0.05) is 20.0 Å². The van der Waals surface area contributed by atoms with Crippen molar-refractivity contribution in [2.45, 2.75) is 19.4 Å². The van der Waals surface area contributed by atoms with Crippen molar-refractivity contribution < 1.29 is 4.79 Å². The summed E-state index contributed by atoms with van der Waals surface area (Å²) in [6.45, 7) is 1.59. The van der Waals surface area contributed by atoms with E-state index in [9.17, 15) is 4.79 Å². The second kappa shape index (κ2) is 9.02. The first-order chi connectivity index (χ1) is 7.74. The monoisotopic (exact) mass is 256 g/mol. The maximum atomic E-state index is 11.7. The van der Waals surface area contributed by atoms with Crippen LogP contribution >= 0.6 is 12.4 Å². The molecule has 0 aliphatic heterocycles. The molecule has 0 fully saturated rings. The molecule has 0 saturated heterocycles. The first-order valence-electron chi connectivity index (χ1n) is 5.66. The Morgan fingerprint density at radius 1 is 1.29 bits per heavy atom. The third-order valence-electron chi connectivity index (χ3n) is 2.51. The van der Waals surface area contributed by atoms with Crippen LogP contribution in [0.15, 0.2) is 30.3 Å². The van der Waals surface area contributed by atoms with E-state index < -0.39 is 0 Å². The number of carbonyl (C=O) groups is 1. The third-order valence-corrected chi connectivity index (χ3v) is 2.51. The topological polar surface area (TPSA) is 32.3 Å². The smallest absolute Gasteiger partial charge is 0.222 e. The van der Waals surface area contributed by atoms with E-state index in [0.29, 0.717) is 13.0 Å². The average Bonchev–Trinajstić information content (AvgIpc) is 2.30. The summed E-state index contributed by atoms with van der Waals surface area (Å²) in [4.78, 5) is 13.5. The van der Waals surface area contributed by atoms with Gasteiger partial charge in [0.2, 0.25) is 5.91 Å². The maximum Gasteiger partial charge on any atom is 0.222 e. The molecular formula is C13H21ClN2O. The number of benzene rings is 1. The Labute approximate surface area is 110 Å². The molecule has 1 amide bonds. The normalized spacial score (nSPS) is 9.53. The van der Waals surface area contributed by atoms with Crippen LogP contribution < -0.4 is 5.32 Å². The molecule has 0 aliphatic carbocycles. The van der Waals surface area contributed by atoms with Gasteiger partial charge in [0.25, 0.3) is 0 Å². The summed E-state index contributed by atoms with van der Waals surface area (Å²) in [5.41, 5.74) is 1.17. The Morgan fingerprint density at radius 3 is 2.53 bits per heavy atom. The Balaban J connectivity index is 0.00000256. The number of rotatable bonds is 6. The largest absolute Gasteiger partial charge is 0.341 e. The summed E-state index contributed by atoms with van der Waals surface area (Å²) in [6.07, 6.45) is 1.51. The van der Waals surface area contributed by atoms with Gasteiger partial charge < -0.3 is 10.2 Å². The zero-order valence-corrected chi connectivity index (χ0v) is 11.3. The van der Waals surface area contributed by atoms with Crippen LogP contribution in [0.2, 0.25) is 0 Å². The summed E-state index contributed by atoms with van der Waals surface area (Å²) in [5.74, 6) is 0.208. The highest BCUT2D eigenvalue weighted by Gasteiger charge is 2.07. The molecule has 17 heavy (non-hydrogen) atoms. The lowest BCUT2D eigenvalue weighted by atomic mass is 10.2. The van der Waals surface area contributed by atoms with Gasteiger partial charge >= 0.3 is 0 Å². The SMILES string of the molecule is CNCCCC(=O)N(C)Cc1ccccc1.Cl. The molecule has 1 aromatic rings. The number of nitrogens with one attached hydrogen (secondary N) is 1. The van der Waals surface area contributed by atoms with Gasteiger partial charge in [0.1, 0.15) is 0 Å². The first kappa shape index (κ1) is 15.9. The van der Waals surface area contributed by atoms with E-state index in [-0.39, 0.29) is 18.3 Å². The lowest BCUT2D eigenvalue weighted by molar-refractivity contribution is -0.130. The molecule has 0 spiro atoms. The predicted octanol–water partition coefficient (Wildman–Crippen LogP) is 2.07. The van der Waals surface area contributed by atoms with E-state index in [1.165, 1.54) is 5.56 Å². The van der Waals surface area contributed by atoms with Gasteiger partial charge in [-0.05, 0) is 25.6 Å². The van der Waals surface area contributed by atoms with Crippen molar-refractivity contribution in [2.24, 2.45) is 0 Å². The van der Waals surface area contributed by atoms with Crippen LogP contribution in [0.5, 0.6) is 0 Å². The van der Waals surface area contributed by atoms with Crippen molar-refractivity contribution in [3.63, 3.8) is 0 Å². The zero-order valence-electron chi connectivity index (χ0n) is 10.5. The van der Waals surface area contributed by atoms with Crippen molar-refractivity contribution in [1.82, 2.24) is 10.2 Å². The molecule has 0 radical (unpaired) electrons. The van der Waals surface area contributed by atoms with Gasteiger partial charge in [-0.15, -0.1) is 12.4 Å². The summed E-state index contributed by atoms with van der Waals surface area (Å²) in [7, 11) is 3.76. The first-order valence-corrected chi connectivity index (χ1v) is 5.66. The van der Waals surface area contributed by atoms with Crippen molar-refractivity contribution in [2.75, 3.05) is 20.6 Å². The molecular weight excluding hydrogens is 236 g/mol. The molecule has 0 heterocycles. The van der Waals surface area contributed by atoms with Gasteiger partial charge in [0.05, 0.1) is 0 Å². The lowest BCUT2D eigenvalue weighted by Gasteiger charge is -2.17. The van der Waals surface area contributed by atoms with Crippen molar-refractivity contribution in [3.8, 4) is 0 Å². The summed E-state index contributed by atoms with van der Waals surface area (Å²) >= 11 is 0. The molecule has 0 atom stereocenters. The Hall–Kier alpha value is -1.06. The van der Waals surface area contributed by atoms with Crippen LogP contribution in [0, 0.1) is 0 Å². The van der Waals surface area contributed by atoms with Gasteiger partial charge in [-0.3, -0.25) is 4.79 Å². The molecule has 96 valence electrons. The van der Waals surface area contributed by atoms with E-state index in [0.717, 1.165) is 13.0 Å². The minimum Gasteiger partial charge on any atom is -0.341 e. The van der Waals surface area contributed by atoms with Gasteiger partial charge in [-0.2, -0.15) is 0 Å². The Morgan fingerprint density at radius 2 is 1.94 bits per heavy atom. The Bertz CT molecular complexity index is 316. The van der Waals surface area contributed by atoms with Crippen LogP contribution in [0.1, 0.15) is 18.4 Å². The third kappa shape index (κ3) is 6.29. The molecule has 1 N–H and O–H groups in total. The van der Waals surface area contributed by atoms with Crippen molar-refractivity contribution in [1.29, 1.82) is 0 Å². The van der Waals surface area contributed by atoms with E-state index in [1.807, 2.05) is 44.4 Å². The molecule has 0 bridgehead atoms. The number of halogens is 1. The highest BCUT2D eigenvalue weighted by Crippen LogP contribution is 2.04. The lowest BCUT2D eigenvalue weighted by Crippen LogP contribution is -2.26. The fourth-order valence-corrected chi connectivity index (χ4v) is 1.55. The maximum absolute atomic E-state index is 11.7. The highest BCUT2D eigenvalue weighted by molar-refractivity contribution is 5.85. The van der Waals surface area contributed by atoms with E-state index >= 15 is 0 Å². The highest BCUT2D eigenvalue weighted by atomic mass is 35.5. The second-order valence-electron chi connectivity index (χ2n) is 3.94. The van der Waals surface area contributed by atoms with E-state index in [2.05, 4.69) is 5.32 Å². The molecule has 0 aliphatic rings. The number of amides is 1. The second-order valence-corrected chi connectivity index (χ2v) is 3.94.